The van der Waals surface area contributed by atoms with Crippen molar-refractivity contribution in [2.45, 2.75) is 57.7 Å². The highest BCUT2D eigenvalue weighted by molar-refractivity contribution is 5.96. The van der Waals surface area contributed by atoms with Gasteiger partial charge in [-0.1, -0.05) is 30.3 Å². The van der Waals surface area contributed by atoms with Crippen molar-refractivity contribution in [3.8, 4) is 5.75 Å². The third-order valence-electron chi connectivity index (χ3n) is 8.23. The lowest BCUT2D eigenvalue weighted by atomic mass is 9.90. The molecule has 2 aliphatic heterocycles. The molecular weight excluding hydrogens is 570 g/mol. The van der Waals surface area contributed by atoms with Gasteiger partial charge in [0.1, 0.15) is 12.4 Å². The van der Waals surface area contributed by atoms with Crippen LogP contribution in [0.15, 0.2) is 66.7 Å². The van der Waals surface area contributed by atoms with Gasteiger partial charge < -0.3 is 4.74 Å². The Morgan fingerprint density at radius 3 is 2.07 bits per heavy atom. The van der Waals surface area contributed by atoms with Crippen LogP contribution < -0.4 is 4.74 Å². The molecule has 5 rings (SSSR count). The Balaban J connectivity index is 1.13. The molecule has 0 saturated carbocycles. The summed E-state index contributed by atoms with van der Waals surface area (Å²) >= 11 is 0. The van der Waals surface area contributed by atoms with Crippen molar-refractivity contribution in [2.75, 3.05) is 26.2 Å². The molecule has 0 aromatic heterocycles. The molecular formula is C33H34F6N2O2. The predicted octanol–water partition coefficient (Wildman–Crippen LogP) is 7.99. The molecule has 1 fully saturated rings. The second kappa shape index (κ2) is 13.1. The Bertz CT molecular complexity index is 1370. The number of piperidine rings is 1. The van der Waals surface area contributed by atoms with Crippen molar-refractivity contribution in [1.82, 2.24) is 9.80 Å². The Morgan fingerprint density at radius 1 is 0.767 bits per heavy atom. The lowest BCUT2D eigenvalue weighted by Crippen LogP contribution is -2.33. The number of hydrogen-bond acceptors (Lipinski definition) is 4. The first-order valence-corrected chi connectivity index (χ1v) is 14.5. The van der Waals surface area contributed by atoms with E-state index < -0.39 is 23.5 Å². The number of halogens is 6. The summed E-state index contributed by atoms with van der Waals surface area (Å²) in [6.07, 6.45) is -7.21. The second-order valence-electron chi connectivity index (χ2n) is 11.5. The van der Waals surface area contributed by atoms with Gasteiger partial charge in [-0.05, 0) is 85.8 Å². The van der Waals surface area contributed by atoms with Gasteiger partial charge in [-0.15, -0.1) is 0 Å². The number of carbonyl (C=O) groups is 1. The van der Waals surface area contributed by atoms with E-state index in [4.69, 9.17) is 4.74 Å². The van der Waals surface area contributed by atoms with Crippen LogP contribution in [0.1, 0.15) is 63.9 Å². The molecule has 3 aromatic carbocycles. The number of ether oxygens (including phenoxy) is 1. The summed E-state index contributed by atoms with van der Waals surface area (Å²) < 4.78 is 85.3. The van der Waals surface area contributed by atoms with E-state index in [0.29, 0.717) is 44.6 Å². The van der Waals surface area contributed by atoms with Crippen molar-refractivity contribution in [3.63, 3.8) is 0 Å². The zero-order valence-corrected chi connectivity index (χ0v) is 23.7. The number of alkyl halides is 6. The van der Waals surface area contributed by atoms with E-state index in [1.807, 2.05) is 35.2 Å². The number of likely N-dealkylation sites (tertiary alicyclic amines) is 1. The molecule has 0 amide bonds. The van der Waals surface area contributed by atoms with Gasteiger partial charge in [-0.3, -0.25) is 14.6 Å². The third-order valence-corrected chi connectivity index (χ3v) is 8.23. The third kappa shape index (κ3) is 8.38. The monoisotopic (exact) mass is 604 g/mol. The van der Waals surface area contributed by atoms with Gasteiger partial charge in [0.05, 0.1) is 11.1 Å². The Labute approximate surface area is 247 Å². The van der Waals surface area contributed by atoms with Crippen LogP contribution in [0.25, 0.3) is 0 Å². The number of ketones is 1. The lowest BCUT2D eigenvalue weighted by molar-refractivity contribution is -0.143. The van der Waals surface area contributed by atoms with E-state index in [-0.39, 0.29) is 29.9 Å². The van der Waals surface area contributed by atoms with Crippen molar-refractivity contribution in [2.24, 2.45) is 5.92 Å². The fourth-order valence-corrected chi connectivity index (χ4v) is 5.88. The average Bonchev–Trinajstić information content (AvgIpc) is 3.17. The van der Waals surface area contributed by atoms with Gasteiger partial charge in [0.15, 0.2) is 5.78 Å². The first kappa shape index (κ1) is 31.1. The fourth-order valence-electron chi connectivity index (χ4n) is 5.88. The molecule has 3 aromatic rings. The van der Waals surface area contributed by atoms with Gasteiger partial charge in [0.25, 0.3) is 0 Å². The van der Waals surface area contributed by atoms with E-state index in [1.165, 1.54) is 5.56 Å². The molecule has 4 nitrogen and oxygen atoms in total. The summed E-state index contributed by atoms with van der Waals surface area (Å²) in [6, 6.07) is 17.5. The summed E-state index contributed by atoms with van der Waals surface area (Å²) in [6.45, 7) is 3.93. The maximum Gasteiger partial charge on any atom is 0.416 e. The van der Waals surface area contributed by atoms with Gasteiger partial charge in [-0.2, -0.15) is 26.3 Å². The van der Waals surface area contributed by atoms with E-state index in [0.717, 1.165) is 49.4 Å². The van der Waals surface area contributed by atoms with Gasteiger partial charge in [-0.25, -0.2) is 0 Å². The van der Waals surface area contributed by atoms with Gasteiger partial charge >= 0.3 is 12.4 Å². The summed E-state index contributed by atoms with van der Waals surface area (Å²) in [5.41, 5.74) is 0.246. The Morgan fingerprint density at radius 2 is 1.42 bits per heavy atom. The second-order valence-corrected chi connectivity index (χ2v) is 11.5. The number of nitrogens with zero attached hydrogens (tertiary/aromatic N) is 2. The molecule has 43 heavy (non-hydrogen) atoms. The summed E-state index contributed by atoms with van der Waals surface area (Å²) in [5, 5.41) is 0. The Hall–Kier alpha value is -3.37. The highest BCUT2D eigenvalue weighted by atomic mass is 19.4. The van der Waals surface area contributed by atoms with E-state index >= 15 is 0 Å². The first-order valence-electron chi connectivity index (χ1n) is 14.5. The molecule has 2 aliphatic rings. The van der Waals surface area contributed by atoms with Crippen molar-refractivity contribution < 1.29 is 35.9 Å². The number of carbonyl (C=O) groups excluding carboxylic acids is 1. The summed E-state index contributed by atoms with van der Waals surface area (Å²) in [5.74, 6) is 1.10. The molecule has 0 spiro atoms. The van der Waals surface area contributed by atoms with E-state index in [2.05, 4.69) is 17.0 Å². The summed E-state index contributed by atoms with van der Waals surface area (Å²) in [4.78, 5) is 17.3. The summed E-state index contributed by atoms with van der Waals surface area (Å²) in [7, 11) is 0. The van der Waals surface area contributed by atoms with Gasteiger partial charge in [0, 0.05) is 43.7 Å². The number of Topliss-reactive ketones (excluding diaryl/α,β-unsaturated/α-hetero) is 1. The maximum absolute atomic E-state index is 13.2. The van der Waals surface area contributed by atoms with Gasteiger partial charge in [0.2, 0.25) is 0 Å². The Kier molecular flexibility index (Phi) is 9.46. The zero-order chi connectivity index (χ0) is 30.6. The van der Waals surface area contributed by atoms with Crippen LogP contribution in [0.3, 0.4) is 0 Å². The first-order chi connectivity index (χ1) is 20.4. The maximum atomic E-state index is 13.2. The van der Waals surface area contributed by atoms with Crippen molar-refractivity contribution in [3.05, 3.63) is 100 Å². The molecule has 0 N–H and O–H groups in total. The predicted molar refractivity (Wildman–Crippen MR) is 151 cm³/mol. The fraction of sp³-hybridized carbons (Fsp3) is 0.424. The molecule has 2 heterocycles. The highest BCUT2D eigenvalue weighted by Gasteiger charge is 2.37. The SMILES string of the molecule is O=C(CCC1CCN(Cc2cc(C(F)(F)F)cc(C(F)(F)F)c2)CC1)c1ccc2c(c1)CN(Cc1ccccc1)CCO2. The van der Waals surface area contributed by atoms with Crippen LogP contribution in [0.4, 0.5) is 26.3 Å². The average molecular weight is 605 g/mol. The van der Waals surface area contributed by atoms with E-state index in [9.17, 15) is 31.1 Å². The molecule has 0 bridgehead atoms. The van der Waals surface area contributed by atoms with Crippen molar-refractivity contribution >= 4 is 5.78 Å². The quantitative estimate of drug-likeness (QED) is 0.193. The number of rotatable bonds is 8. The smallest absolute Gasteiger partial charge is 0.416 e. The number of hydrogen-bond donors (Lipinski definition) is 0. The minimum Gasteiger partial charge on any atom is -0.492 e. The highest BCUT2D eigenvalue weighted by Crippen LogP contribution is 2.37. The van der Waals surface area contributed by atoms with E-state index in [1.54, 1.807) is 6.07 Å². The number of fused-ring (bicyclic) bond motifs is 1. The molecule has 1 saturated heterocycles. The molecule has 0 radical (unpaired) electrons. The molecule has 0 unspecified atom stereocenters. The van der Waals surface area contributed by atoms with Crippen LogP contribution in [0.5, 0.6) is 5.75 Å². The molecule has 0 atom stereocenters. The standard InChI is InChI=1S/C33H34F6N2O2/c34-32(35,36)28-16-25(17-29(19-28)33(37,38)39)21-40-12-10-23(11-13-40)6-8-30(42)26-7-9-31-27(18-26)22-41(14-15-43-31)20-24-4-2-1-3-5-24/h1-5,7,9,16-19,23H,6,8,10-15,20-22H2. The van der Waals surface area contributed by atoms with Crippen LogP contribution in [-0.4, -0.2) is 41.8 Å². The normalized spacial score (nSPS) is 17.3. The molecule has 10 heteroatoms. The zero-order valence-electron chi connectivity index (χ0n) is 23.7. The largest absolute Gasteiger partial charge is 0.492 e. The number of benzene rings is 3. The van der Waals surface area contributed by atoms with Crippen LogP contribution in [-0.2, 0) is 32.0 Å². The minimum atomic E-state index is -4.86. The molecule has 230 valence electrons. The minimum absolute atomic E-state index is 0.00898. The van der Waals surface area contributed by atoms with Crippen LogP contribution >= 0.6 is 0 Å². The topological polar surface area (TPSA) is 32.8 Å². The molecule has 0 aliphatic carbocycles. The van der Waals surface area contributed by atoms with Crippen LogP contribution in [0.2, 0.25) is 0 Å². The lowest BCUT2D eigenvalue weighted by Gasteiger charge is -2.32. The van der Waals surface area contributed by atoms with Crippen LogP contribution in [0, 0.1) is 5.92 Å². The van der Waals surface area contributed by atoms with Crippen molar-refractivity contribution in [1.29, 1.82) is 0 Å².